The van der Waals surface area contributed by atoms with Crippen molar-refractivity contribution < 1.29 is 14.3 Å². The van der Waals surface area contributed by atoms with E-state index in [-0.39, 0.29) is 11.9 Å². The number of phenols is 1. The monoisotopic (exact) mass is 475 g/mol. The molecule has 0 bridgehead atoms. The molecule has 8 heteroatoms. The highest BCUT2D eigenvalue weighted by atomic mass is 19.1. The molecular weight excluding hydrogens is 457 g/mol. The van der Waals surface area contributed by atoms with E-state index in [2.05, 4.69) is 25.3 Å². The second kappa shape index (κ2) is 7.51. The van der Waals surface area contributed by atoms with Gasteiger partial charge in [0.2, 0.25) is 0 Å². The highest BCUT2D eigenvalue weighted by Gasteiger charge is 2.32. The van der Waals surface area contributed by atoms with E-state index in [1.807, 2.05) is 48.5 Å². The molecule has 0 aliphatic heterocycles. The van der Waals surface area contributed by atoms with E-state index in [1.54, 1.807) is 18.5 Å². The number of imidazole rings is 1. The first-order valence-electron chi connectivity index (χ1n) is 11.4. The van der Waals surface area contributed by atoms with Crippen LogP contribution in [-0.4, -0.2) is 30.9 Å². The summed E-state index contributed by atoms with van der Waals surface area (Å²) in [5.41, 5.74) is 6.83. The van der Waals surface area contributed by atoms with Crippen LogP contribution >= 0.6 is 0 Å². The Kier molecular flexibility index (Phi) is 4.26. The van der Waals surface area contributed by atoms with E-state index in [0.29, 0.717) is 28.1 Å². The summed E-state index contributed by atoms with van der Waals surface area (Å²) in [6.07, 6.45) is 3.38. The van der Waals surface area contributed by atoms with Gasteiger partial charge in [0.25, 0.3) is 5.91 Å². The van der Waals surface area contributed by atoms with Gasteiger partial charge in [-0.1, -0.05) is 42.5 Å². The van der Waals surface area contributed by atoms with Crippen LogP contribution in [0.1, 0.15) is 27.5 Å². The number of benzene rings is 3. The number of carbonyl (C=O) groups excluding carboxylic acids is 1. The molecule has 1 atom stereocenters. The highest BCUT2D eigenvalue weighted by Crippen LogP contribution is 2.47. The third-order valence-electron chi connectivity index (χ3n) is 6.73. The molecule has 7 nitrogen and oxygen atoms in total. The summed E-state index contributed by atoms with van der Waals surface area (Å²) in [5, 5.41) is 13.7. The fourth-order valence-corrected chi connectivity index (χ4v) is 5.12. The molecule has 1 aliphatic rings. The van der Waals surface area contributed by atoms with Gasteiger partial charge in [-0.3, -0.25) is 4.79 Å². The molecule has 0 saturated carbocycles. The van der Waals surface area contributed by atoms with Crippen molar-refractivity contribution in [3.05, 3.63) is 102 Å². The molecule has 4 N–H and O–H groups in total. The van der Waals surface area contributed by atoms with E-state index >= 15 is 0 Å². The molecule has 0 spiro atoms. The maximum Gasteiger partial charge on any atom is 0.252 e. The Bertz CT molecular complexity index is 1800. The summed E-state index contributed by atoms with van der Waals surface area (Å²) in [5.74, 6) is -0.803. The number of hydrogen-bond donors (Lipinski definition) is 4. The summed E-state index contributed by atoms with van der Waals surface area (Å²) >= 11 is 0. The zero-order valence-electron chi connectivity index (χ0n) is 18.7. The first-order chi connectivity index (χ1) is 17.6. The molecule has 1 amide bonds. The number of aromatic nitrogens is 4. The van der Waals surface area contributed by atoms with Crippen LogP contribution in [0.2, 0.25) is 0 Å². The lowest BCUT2D eigenvalue weighted by Gasteiger charge is -2.16. The third-order valence-corrected chi connectivity index (χ3v) is 6.73. The van der Waals surface area contributed by atoms with Gasteiger partial charge in [-0.2, -0.15) is 0 Å². The maximum absolute atomic E-state index is 13.9. The van der Waals surface area contributed by atoms with Crippen molar-refractivity contribution >= 4 is 28.0 Å². The van der Waals surface area contributed by atoms with Gasteiger partial charge < -0.3 is 20.4 Å². The minimum Gasteiger partial charge on any atom is -0.505 e. The largest absolute Gasteiger partial charge is 0.505 e. The minimum atomic E-state index is -0.711. The first-order valence-corrected chi connectivity index (χ1v) is 11.4. The first kappa shape index (κ1) is 20.4. The van der Waals surface area contributed by atoms with Gasteiger partial charge in [-0.05, 0) is 34.4 Å². The van der Waals surface area contributed by atoms with Crippen LogP contribution in [-0.2, 0) is 0 Å². The summed E-state index contributed by atoms with van der Waals surface area (Å²) in [7, 11) is 0. The van der Waals surface area contributed by atoms with Gasteiger partial charge in [0, 0.05) is 35.5 Å². The van der Waals surface area contributed by atoms with Crippen LogP contribution in [0.4, 0.5) is 4.39 Å². The molecule has 3 aromatic carbocycles. The molecule has 1 unspecified atom stereocenters. The van der Waals surface area contributed by atoms with E-state index in [1.165, 1.54) is 12.1 Å². The Labute approximate surface area is 203 Å². The topological polar surface area (TPSA) is 107 Å². The molecule has 3 aromatic heterocycles. The van der Waals surface area contributed by atoms with Gasteiger partial charge in [0.1, 0.15) is 11.5 Å². The van der Waals surface area contributed by atoms with E-state index < -0.39 is 11.6 Å². The van der Waals surface area contributed by atoms with Gasteiger partial charge in [0.15, 0.2) is 11.6 Å². The SMILES string of the molecule is O=C(NC1c2ccccc2-c2c(-c3nc4cc(O)c(F)cc4[nH]3)cccc21)c1ccnc2[nH]ccc12. The number of phenolic OH excluding ortho intramolecular Hbond substituents is 1. The van der Waals surface area contributed by atoms with Crippen LogP contribution in [0.15, 0.2) is 79.1 Å². The van der Waals surface area contributed by atoms with Gasteiger partial charge in [-0.15, -0.1) is 0 Å². The normalized spacial score (nSPS) is 14.2. The average molecular weight is 475 g/mol. The number of amides is 1. The summed E-state index contributed by atoms with van der Waals surface area (Å²) in [4.78, 5) is 28.6. The second-order valence-electron chi connectivity index (χ2n) is 8.77. The lowest BCUT2D eigenvalue weighted by atomic mass is 9.98. The smallest absolute Gasteiger partial charge is 0.252 e. The van der Waals surface area contributed by atoms with Crippen LogP contribution in [0, 0.1) is 5.82 Å². The number of aromatic hydroxyl groups is 1. The number of rotatable bonds is 3. The lowest BCUT2D eigenvalue weighted by molar-refractivity contribution is 0.0945. The molecule has 0 fully saturated rings. The maximum atomic E-state index is 13.9. The van der Waals surface area contributed by atoms with Crippen molar-refractivity contribution in [3.63, 3.8) is 0 Å². The Morgan fingerprint density at radius 2 is 1.83 bits per heavy atom. The van der Waals surface area contributed by atoms with Crippen molar-refractivity contribution in [1.29, 1.82) is 0 Å². The zero-order chi connectivity index (χ0) is 24.4. The van der Waals surface area contributed by atoms with E-state index in [9.17, 15) is 14.3 Å². The average Bonchev–Trinajstić information content (AvgIpc) is 3.60. The number of H-pyrrole nitrogens is 2. The molecule has 36 heavy (non-hydrogen) atoms. The quantitative estimate of drug-likeness (QED) is 0.273. The predicted octanol–water partition coefficient (Wildman–Crippen LogP) is 5.45. The molecule has 174 valence electrons. The molecule has 3 heterocycles. The van der Waals surface area contributed by atoms with Crippen LogP contribution in [0.3, 0.4) is 0 Å². The van der Waals surface area contributed by atoms with Crippen LogP contribution in [0.5, 0.6) is 5.75 Å². The highest BCUT2D eigenvalue weighted by molar-refractivity contribution is 6.06. The molecule has 0 saturated heterocycles. The number of halogens is 1. The number of hydrogen-bond acceptors (Lipinski definition) is 4. The third kappa shape index (κ3) is 2.94. The van der Waals surface area contributed by atoms with Crippen LogP contribution < -0.4 is 5.32 Å². The molecule has 0 radical (unpaired) electrons. The van der Waals surface area contributed by atoms with Crippen molar-refractivity contribution in [2.45, 2.75) is 6.04 Å². The summed E-state index contributed by atoms with van der Waals surface area (Å²) in [6, 6.07) is 19.5. The molecule has 1 aliphatic carbocycles. The second-order valence-corrected chi connectivity index (χ2v) is 8.77. The van der Waals surface area contributed by atoms with Crippen molar-refractivity contribution in [2.75, 3.05) is 0 Å². The van der Waals surface area contributed by atoms with Gasteiger partial charge in [-0.25, -0.2) is 14.4 Å². The van der Waals surface area contributed by atoms with Gasteiger partial charge >= 0.3 is 0 Å². The van der Waals surface area contributed by atoms with Crippen molar-refractivity contribution in [2.24, 2.45) is 0 Å². The van der Waals surface area contributed by atoms with Crippen molar-refractivity contribution in [3.8, 4) is 28.3 Å². The number of nitrogens with one attached hydrogen (secondary N) is 3. The number of nitrogens with zero attached hydrogens (tertiary/aromatic N) is 2. The van der Waals surface area contributed by atoms with E-state index in [4.69, 9.17) is 0 Å². The molecule has 7 rings (SSSR count). The lowest BCUT2D eigenvalue weighted by Crippen LogP contribution is -2.28. The number of fused-ring (bicyclic) bond motifs is 5. The molecular formula is C28H18FN5O2. The Hall–Kier alpha value is -4.98. The number of pyridine rings is 1. The molecule has 6 aromatic rings. The zero-order valence-corrected chi connectivity index (χ0v) is 18.7. The fourth-order valence-electron chi connectivity index (χ4n) is 5.12. The Balaban J connectivity index is 1.36. The minimum absolute atomic E-state index is 0.199. The number of carbonyl (C=O) groups is 1. The summed E-state index contributed by atoms with van der Waals surface area (Å²) in [6.45, 7) is 0. The van der Waals surface area contributed by atoms with Gasteiger partial charge in [0.05, 0.1) is 22.6 Å². The van der Waals surface area contributed by atoms with E-state index in [0.717, 1.165) is 33.2 Å². The van der Waals surface area contributed by atoms with Crippen molar-refractivity contribution in [1.82, 2.24) is 25.3 Å². The predicted molar refractivity (Wildman–Crippen MR) is 134 cm³/mol. The fraction of sp³-hybridized carbons (Fsp3) is 0.0357. The summed E-state index contributed by atoms with van der Waals surface area (Å²) < 4.78 is 13.9. The van der Waals surface area contributed by atoms with Crippen LogP contribution in [0.25, 0.3) is 44.6 Å². The standard InChI is InChI=1S/C28H18FN5O2/c29-20-12-21-22(13-23(20)35)33-27(32-21)19-7-3-6-18-24(19)14-4-1-2-5-15(14)25(18)34-28(36)17-9-11-31-26-16(17)8-10-30-26/h1-13,25,35H,(H,30,31)(H,32,33)(H,34,36). The number of aromatic amines is 2. The Morgan fingerprint density at radius 1 is 1.00 bits per heavy atom. The Morgan fingerprint density at radius 3 is 2.75 bits per heavy atom.